The zero-order valence-electron chi connectivity index (χ0n) is 9.94. The van der Waals surface area contributed by atoms with Crippen molar-refractivity contribution in [2.24, 2.45) is 0 Å². The van der Waals surface area contributed by atoms with Crippen molar-refractivity contribution in [3.63, 3.8) is 0 Å². The molecule has 0 spiro atoms. The first-order valence-electron chi connectivity index (χ1n) is 5.30. The molecule has 0 aliphatic carbocycles. The van der Waals surface area contributed by atoms with Crippen molar-refractivity contribution < 1.29 is 4.79 Å². The highest BCUT2D eigenvalue weighted by Crippen LogP contribution is 2.10. The third-order valence-corrected chi connectivity index (χ3v) is 2.42. The van der Waals surface area contributed by atoms with Gasteiger partial charge in [-0.15, -0.1) is 0 Å². The maximum atomic E-state index is 11.9. The van der Waals surface area contributed by atoms with Gasteiger partial charge in [0.1, 0.15) is 5.15 Å². The van der Waals surface area contributed by atoms with Crippen LogP contribution in [0.3, 0.4) is 0 Å². The molecule has 0 saturated carbocycles. The fourth-order valence-corrected chi connectivity index (χ4v) is 1.60. The lowest BCUT2D eigenvalue weighted by Crippen LogP contribution is -2.14. The molecule has 5 nitrogen and oxygen atoms in total. The van der Waals surface area contributed by atoms with Crippen LogP contribution in [0.1, 0.15) is 21.7 Å². The Morgan fingerprint density at radius 3 is 2.61 bits per heavy atom. The van der Waals surface area contributed by atoms with E-state index in [1.54, 1.807) is 25.1 Å². The van der Waals surface area contributed by atoms with E-state index >= 15 is 0 Å². The van der Waals surface area contributed by atoms with Crippen LogP contribution in [0.4, 0.5) is 5.95 Å². The van der Waals surface area contributed by atoms with Crippen molar-refractivity contribution in [1.29, 1.82) is 0 Å². The third kappa shape index (κ3) is 3.01. The molecule has 6 heteroatoms. The molecule has 2 rings (SSSR count). The first kappa shape index (κ1) is 12.4. The molecule has 0 radical (unpaired) electrons. The molecule has 1 N–H and O–H groups in total. The fourth-order valence-electron chi connectivity index (χ4n) is 1.36. The van der Waals surface area contributed by atoms with Gasteiger partial charge in [-0.25, -0.2) is 9.97 Å². The monoisotopic (exact) mass is 262 g/mol. The lowest BCUT2D eigenvalue weighted by atomic mass is 10.2. The zero-order chi connectivity index (χ0) is 13.1. The SMILES string of the molecule is Cc1ccc(C(=O)Nc2nc(C)cc(Cl)n2)cn1. The summed E-state index contributed by atoms with van der Waals surface area (Å²) in [7, 11) is 0. The van der Waals surface area contributed by atoms with E-state index in [1.165, 1.54) is 6.20 Å². The van der Waals surface area contributed by atoms with Gasteiger partial charge in [-0.2, -0.15) is 0 Å². The van der Waals surface area contributed by atoms with Crippen LogP contribution in [0.25, 0.3) is 0 Å². The molecule has 2 aromatic heterocycles. The first-order chi connectivity index (χ1) is 8.54. The van der Waals surface area contributed by atoms with Crippen LogP contribution in [0.15, 0.2) is 24.4 Å². The van der Waals surface area contributed by atoms with Gasteiger partial charge in [0, 0.05) is 17.6 Å². The Hall–Kier alpha value is -2.01. The van der Waals surface area contributed by atoms with Gasteiger partial charge in [0.25, 0.3) is 5.91 Å². The van der Waals surface area contributed by atoms with Crippen molar-refractivity contribution in [2.75, 3.05) is 5.32 Å². The molecule has 92 valence electrons. The zero-order valence-corrected chi connectivity index (χ0v) is 10.7. The molecule has 1 amide bonds. The fraction of sp³-hybridized carbons (Fsp3) is 0.167. The van der Waals surface area contributed by atoms with Crippen LogP contribution in [-0.2, 0) is 0 Å². The number of pyridine rings is 1. The van der Waals surface area contributed by atoms with Crippen LogP contribution >= 0.6 is 11.6 Å². The number of anilines is 1. The summed E-state index contributed by atoms with van der Waals surface area (Å²) < 4.78 is 0. The average Bonchev–Trinajstić information content (AvgIpc) is 2.28. The standard InChI is InChI=1S/C12H11ClN4O/c1-7-3-4-9(6-14-7)11(18)17-12-15-8(2)5-10(13)16-12/h3-6H,1-2H3,(H,15,16,17,18). The van der Waals surface area contributed by atoms with Gasteiger partial charge in [-0.05, 0) is 32.0 Å². The Balaban J connectivity index is 2.18. The topological polar surface area (TPSA) is 67.8 Å². The van der Waals surface area contributed by atoms with Crippen molar-refractivity contribution >= 4 is 23.5 Å². The number of rotatable bonds is 2. The molecule has 0 unspecified atom stereocenters. The van der Waals surface area contributed by atoms with Gasteiger partial charge in [0.05, 0.1) is 5.56 Å². The van der Waals surface area contributed by atoms with Crippen molar-refractivity contribution in [3.8, 4) is 0 Å². The van der Waals surface area contributed by atoms with Crippen LogP contribution in [0, 0.1) is 13.8 Å². The Morgan fingerprint density at radius 1 is 1.22 bits per heavy atom. The number of halogens is 1. The summed E-state index contributed by atoms with van der Waals surface area (Å²) in [6.07, 6.45) is 1.50. The first-order valence-corrected chi connectivity index (χ1v) is 5.67. The minimum atomic E-state index is -0.316. The van der Waals surface area contributed by atoms with E-state index in [9.17, 15) is 4.79 Å². The number of hydrogen-bond acceptors (Lipinski definition) is 4. The van der Waals surface area contributed by atoms with Crippen LogP contribution < -0.4 is 5.32 Å². The summed E-state index contributed by atoms with van der Waals surface area (Å²) in [6, 6.07) is 5.07. The summed E-state index contributed by atoms with van der Waals surface area (Å²) >= 11 is 5.79. The second kappa shape index (κ2) is 5.10. The van der Waals surface area contributed by atoms with Gasteiger partial charge >= 0.3 is 0 Å². The summed E-state index contributed by atoms with van der Waals surface area (Å²) in [5.74, 6) is -0.130. The Kier molecular flexibility index (Phi) is 3.53. The van der Waals surface area contributed by atoms with E-state index < -0.39 is 0 Å². The number of nitrogens with zero attached hydrogens (tertiary/aromatic N) is 3. The van der Waals surface area contributed by atoms with Crippen molar-refractivity contribution in [2.45, 2.75) is 13.8 Å². The molecule has 18 heavy (non-hydrogen) atoms. The van der Waals surface area contributed by atoms with Crippen molar-refractivity contribution in [1.82, 2.24) is 15.0 Å². The maximum absolute atomic E-state index is 11.9. The summed E-state index contributed by atoms with van der Waals surface area (Å²) in [6.45, 7) is 3.63. The molecular formula is C12H11ClN4O. The Bertz CT molecular complexity index is 563. The van der Waals surface area contributed by atoms with Crippen molar-refractivity contribution in [3.05, 3.63) is 46.5 Å². The summed E-state index contributed by atoms with van der Waals surface area (Å²) in [5.41, 5.74) is 1.98. The van der Waals surface area contributed by atoms with E-state index in [4.69, 9.17) is 11.6 Å². The Morgan fingerprint density at radius 2 is 2.00 bits per heavy atom. The van der Waals surface area contributed by atoms with E-state index in [0.717, 1.165) is 5.69 Å². The third-order valence-electron chi connectivity index (χ3n) is 2.22. The normalized spacial score (nSPS) is 10.2. The number of nitrogens with one attached hydrogen (secondary N) is 1. The van der Waals surface area contributed by atoms with Gasteiger partial charge in [0.2, 0.25) is 5.95 Å². The highest BCUT2D eigenvalue weighted by molar-refractivity contribution is 6.29. The second-order valence-electron chi connectivity index (χ2n) is 3.80. The molecule has 2 aromatic rings. The lowest BCUT2D eigenvalue weighted by molar-refractivity contribution is 0.102. The van der Waals surface area contributed by atoms with Gasteiger partial charge in [-0.3, -0.25) is 15.1 Å². The molecule has 0 atom stereocenters. The van der Waals surface area contributed by atoms with Gasteiger partial charge in [0.15, 0.2) is 0 Å². The highest BCUT2D eigenvalue weighted by atomic mass is 35.5. The number of amides is 1. The van der Waals surface area contributed by atoms with Gasteiger partial charge < -0.3 is 0 Å². The van der Waals surface area contributed by atoms with Gasteiger partial charge in [-0.1, -0.05) is 11.6 Å². The number of aryl methyl sites for hydroxylation is 2. The van der Waals surface area contributed by atoms with Crippen LogP contribution in [0.5, 0.6) is 0 Å². The van der Waals surface area contributed by atoms with E-state index in [0.29, 0.717) is 16.4 Å². The average molecular weight is 263 g/mol. The maximum Gasteiger partial charge on any atom is 0.259 e. The molecule has 0 aliphatic heterocycles. The number of carbonyl (C=O) groups excluding carboxylic acids is 1. The molecule has 0 saturated heterocycles. The van der Waals surface area contributed by atoms with E-state index in [-0.39, 0.29) is 11.9 Å². The number of hydrogen-bond donors (Lipinski definition) is 1. The van der Waals surface area contributed by atoms with E-state index in [2.05, 4.69) is 20.3 Å². The van der Waals surface area contributed by atoms with Crippen LogP contribution in [-0.4, -0.2) is 20.9 Å². The molecule has 0 aromatic carbocycles. The predicted octanol–water partition coefficient (Wildman–Crippen LogP) is 2.39. The van der Waals surface area contributed by atoms with Crippen LogP contribution in [0.2, 0.25) is 5.15 Å². The summed E-state index contributed by atoms with van der Waals surface area (Å²) in [4.78, 5) is 23.9. The molecule has 0 fully saturated rings. The lowest BCUT2D eigenvalue weighted by Gasteiger charge is -2.04. The predicted molar refractivity (Wildman–Crippen MR) is 68.7 cm³/mol. The van der Waals surface area contributed by atoms with E-state index in [1.807, 2.05) is 6.92 Å². The quantitative estimate of drug-likeness (QED) is 0.844. The highest BCUT2D eigenvalue weighted by Gasteiger charge is 2.09. The molecule has 0 bridgehead atoms. The minimum Gasteiger partial charge on any atom is -0.290 e. The molecule has 2 heterocycles. The number of carbonyl (C=O) groups is 1. The second-order valence-corrected chi connectivity index (χ2v) is 4.19. The minimum absolute atomic E-state index is 0.186. The summed E-state index contributed by atoms with van der Waals surface area (Å²) in [5, 5.41) is 2.87. The molecular weight excluding hydrogens is 252 g/mol. The molecule has 0 aliphatic rings. The largest absolute Gasteiger partial charge is 0.290 e. The number of aromatic nitrogens is 3. The Labute approximate surface area is 109 Å². The smallest absolute Gasteiger partial charge is 0.259 e.